The fourth-order valence-electron chi connectivity index (χ4n) is 9.02. The summed E-state index contributed by atoms with van der Waals surface area (Å²) in [7, 11) is 0. The molecule has 1 heterocycles. The van der Waals surface area contributed by atoms with Crippen molar-refractivity contribution in [3.8, 4) is 5.69 Å². The molecule has 0 saturated heterocycles. The van der Waals surface area contributed by atoms with Gasteiger partial charge in [-0.3, -0.25) is 4.79 Å². The zero-order valence-corrected chi connectivity index (χ0v) is 21.1. The van der Waals surface area contributed by atoms with Gasteiger partial charge in [0, 0.05) is 5.41 Å². The van der Waals surface area contributed by atoms with E-state index in [1.165, 1.54) is 17.7 Å². The summed E-state index contributed by atoms with van der Waals surface area (Å²) >= 11 is 0. The lowest BCUT2D eigenvalue weighted by atomic mass is 9.45. The predicted molar refractivity (Wildman–Crippen MR) is 133 cm³/mol. The Labute approximate surface area is 210 Å². The number of hydrogen-bond acceptors (Lipinski definition) is 5. The normalized spacial score (nSPS) is 41.1. The summed E-state index contributed by atoms with van der Waals surface area (Å²) in [5.41, 5.74) is 1.60. The van der Waals surface area contributed by atoms with E-state index in [0.717, 1.165) is 42.6 Å². The molecule has 6 rings (SSSR count). The van der Waals surface area contributed by atoms with Crippen molar-refractivity contribution in [2.45, 2.75) is 64.6 Å². The number of nitrogens with zero attached hydrogens (tertiary/aromatic N) is 2. The summed E-state index contributed by atoms with van der Waals surface area (Å²) in [6.07, 6.45) is 7.02. The van der Waals surface area contributed by atoms with E-state index in [-0.39, 0.29) is 34.9 Å². The summed E-state index contributed by atoms with van der Waals surface area (Å²) in [4.78, 5) is 12.8. The molecule has 0 amide bonds. The molecule has 7 heteroatoms. The second-order valence-corrected chi connectivity index (χ2v) is 12.2. The molecule has 1 aromatic heterocycles. The number of aliphatic hydroxyl groups is 3. The first-order chi connectivity index (χ1) is 17.0. The molecule has 36 heavy (non-hydrogen) atoms. The largest absolute Gasteiger partial charge is 0.393 e. The van der Waals surface area contributed by atoms with Gasteiger partial charge in [-0.15, -0.1) is 0 Å². The molecule has 4 aliphatic carbocycles. The summed E-state index contributed by atoms with van der Waals surface area (Å²) in [5.74, 6) is -0.785. The number of aliphatic hydroxyl groups excluding tert-OH is 2. The first-order valence-corrected chi connectivity index (χ1v) is 13.1. The first kappa shape index (κ1) is 24.0. The topological polar surface area (TPSA) is 95.6 Å². The molecule has 0 aliphatic heterocycles. The molecule has 1 aromatic carbocycles. The highest BCUT2D eigenvalue weighted by atomic mass is 19.1. The van der Waals surface area contributed by atoms with E-state index in [1.54, 1.807) is 12.1 Å². The summed E-state index contributed by atoms with van der Waals surface area (Å²) in [6.45, 7) is 5.43. The van der Waals surface area contributed by atoms with Crippen LogP contribution in [0.4, 0.5) is 4.39 Å². The van der Waals surface area contributed by atoms with Crippen LogP contribution in [0, 0.1) is 40.3 Å². The molecule has 8 unspecified atom stereocenters. The Hall–Kier alpha value is -2.35. The van der Waals surface area contributed by atoms with Gasteiger partial charge < -0.3 is 15.3 Å². The molecule has 192 valence electrons. The third-order valence-electron chi connectivity index (χ3n) is 10.6. The van der Waals surface area contributed by atoms with Gasteiger partial charge in [0.25, 0.3) is 0 Å². The third-order valence-corrected chi connectivity index (χ3v) is 10.6. The Morgan fingerprint density at radius 2 is 1.97 bits per heavy atom. The number of rotatable bonds is 3. The van der Waals surface area contributed by atoms with E-state index < -0.39 is 29.5 Å². The second-order valence-electron chi connectivity index (χ2n) is 12.2. The Kier molecular flexibility index (Phi) is 5.22. The molecule has 3 saturated carbocycles. The van der Waals surface area contributed by atoms with Crippen molar-refractivity contribution < 1.29 is 24.5 Å². The number of halogens is 1. The van der Waals surface area contributed by atoms with Crippen LogP contribution in [0.3, 0.4) is 0 Å². The number of fused-ring (bicyclic) bond motifs is 6. The highest BCUT2D eigenvalue weighted by Gasteiger charge is 2.70. The minimum atomic E-state index is -1.62. The van der Waals surface area contributed by atoms with E-state index in [2.05, 4.69) is 18.1 Å². The summed E-state index contributed by atoms with van der Waals surface area (Å²) in [5, 5.41) is 37.6. The molecule has 3 N–H and O–H groups in total. The van der Waals surface area contributed by atoms with Gasteiger partial charge in [0.1, 0.15) is 18.0 Å². The van der Waals surface area contributed by atoms with Crippen molar-refractivity contribution in [2.75, 3.05) is 6.61 Å². The van der Waals surface area contributed by atoms with Gasteiger partial charge in [0.2, 0.25) is 0 Å². The minimum absolute atomic E-state index is 0.0108. The van der Waals surface area contributed by atoms with Crippen molar-refractivity contribution in [3.63, 3.8) is 0 Å². The molecule has 4 aliphatic rings. The number of hydrogen-bond donors (Lipinski definition) is 3. The van der Waals surface area contributed by atoms with Gasteiger partial charge in [-0.05, 0) is 97.1 Å². The zero-order chi connectivity index (χ0) is 25.6. The SMILES string of the molecule is CC1CC2C3CCC4=Cc5c(cnn5-c5ccc(F)cc5)CC4(C)C3C(O)CC2(C)C1(O)C(=O)CO. The Morgan fingerprint density at radius 1 is 1.25 bits per heavy atom. The van der Waals surface area contributed by atoms with Gasteiger partial charge in [-0.25, -0.2) is 9.07 Å². The van der Waals surface area contributed by atoms with Crippen LogP contribution in [0.25, 0.3) is 11.8 Å². The van der Waals surface area contributed by atoms with Crippen LogP contribution in [-0.2, 0) is 11.2 Å². The lowest BCUT2D eigenvalue weighted by Gasteiger charge is -2.60. The van der Waals surface area contributed by atoms with Gasteiger partial charge in [0.15, 0.2) is 5.78 Å². The van der Waals surface area contributed by atoms with Crippen LogP contribution in [0.1, 0.15) is 57.7 Å². The smallest absolute Gasteiger partial charge is 0.190 e. The number of benzene rings is 1. The molecule has 0 radical (unpaired) electrons. The first-order valence-electron chi connectivity index (χ1n) is 13.1. The molecular weight excluding hydrogens is 459 g/mol. The predicted octanol–water partition coefficient (Wildman–Crippen LogP) is 3.70. The highest BCUT2D eigenvalue weighted by molar-refractivity contribution is 5.90. The van der Waals surface area contributed by atoms with Gasteiger partial charge in [0.05, 0.1) is 23.7 Å². The molecule has 8 atom stereocenters. The molecule has 0 spiro atoms. The van der Waals surface area contributed by atoms with Gasteiger partial charge >= 0.3 is 0 Å². The maximum absolute atomic E-state index is 13.5. The number of carbonyl (C=O) groups excluding carboxylic acids is 1. The van der Waals surface area contributed by atoms with Crippen molar-refractivity contribution >= 4 is 11.9 Å². The van der Waals surface area contributed by atoms with Crippen LogP contribution in [0.2, 0.25) is 0 Å². The number of Topliss-reactive ketones (excluding diaryl/α,β-unsaturated/α-hetero) is 1. The highest BCUT2D eigenvalue weighted by Crippen LogP contribution is 2.68. The monoisotopic (exact) mass is 494 g/mol. The average Bonchev–Trinajstić information content (AvgIpc) is 3.33. The van der Waals surface area contributed by atoms with E-state index >= 15 is 0 Å². The van der Waals surface area contributed by atoms with Crippen LogP contribution in [0.15, 0.2) is 36.0 Å². The van der Waals surface area contributed by atoms with Crippen LogP contribution in [-0.4, -0.2) is 49.2 Å². The van der Waals surface area contributed by atoms with Crippen molar-refractivity contribution in [3.05, 3.63) is 53.1 Å². The van der Waals surface area contributed by atoms with Crippen molar-refractivity contribution in [1.29, 1.82) is 0 Å². The summed E-state index contributed by atoms with van der Waals surface area (Å²) in [6, 6.07) is 6.34. The van der Waals surface area contributed by atoms with E-state index in [9.17, 15) is 24.5 Å². The quantitative estimate of drug-likeness (QED) is 0.605. The fraction of sp³-hybridized carbons (Fsp3) is 0.586. The van der Waals surface area contributed by atoms with Crippen molar-refractivity contribution in [2.24, 2.45) is 34.5 Å². The second kappa shape index (κ2) is 7.83. The maximum Gasteiger partial charge on any atom is 0.190 e. The zero-order valence-electron chi connectivity index (χ0n) is 21.1. The Balaban J connectivity index is 1.38. The lowest BCUT2D eigenvalue weighted by molar-refractivity contribution is -0.186. The third kappa shape index (κ3) is 2.93. The molecule has 0 bridgehead atoms. The Bertz CT molecular complexity index is 1250. The standard InChI is InChI=1S/C29H35FN2O4/c1-16-10-22-21-9-4-18-11-23-17(14-31-32(23)20-7-5-19(30)6-8-20)12-27(18,2)26(21)24(34)13-28(22,3)29(16,36)25(35)15-33/h5-8,11,14,16,21-22,24,26,33-34,36H,4,9-10,12-13,15H2,1-3H3. The molecule has 2 aromatic rings. The lowest BCUT2D eigenvalue weighted by Crippen LogP contribution is -2.63. The fourth-order valence-corrected chi connectivity index (χ4v) is 9.02. The van der Waals surface area contributed by atoms with Crippen molar-refractivity contribution in [1.82, 2.24) is 9.78 Å². The minimum Gasteiger partial charge on any atom is -0.393 e. The van der Waals surface area contributed by atoms with E-state index in [4.69, 9.17) is 0 Å². The molecule has 6 nitrogen and oxygen atoms in total. The maximum atomic E-state index is 13.5. The van der Waals surface area contributed by atoms with Gasteiger partial charge in [-0.2, -0.15) is 5.10 Å². The summed E-state index contributed by atoms with van der Waals surface area (Å²) < 4.78 is 15.3. The number of ketones is 1. The van der Waals surface area contributed by atoms with Crippen LogP contribution >= 0.6 is 0 Å². The molecular formula is C29H35FN2O4. The van der Waals surface area contributed by atoms with Crippen LogP contribution in [0.5, 0.6) is 0 Å². The average molecular weight is 495 g/mol. The number of allylic oxidation sites excluding steroid dienone is 1. The molecule has 3 fully saturated rings. The Morgan fingerprint density at radius 3 is 2.67 bits per heavy atom. The van der Waals surface area contributed by atoms with E-state index in [0.29, 0.717) is 6.42 Å². The van der Waals surface area contributed by atoms with Crippen LogP contribution < -0.4 is 0 Å². The van der Waals surface area contributed by atoms with E-state index in [1.807, 2.05) is 24.7 Å². The number of aromatic nitrogens is 2. The van der Waals surface area contributed by atoms with Gasteiger partial charge in [-0.1, -0.05) is 26.3 Å². The number of carbonyl (C=O) groups is 1.